The van der Waals surface area contributed by atoms with Gasteiger partial charge in [-0.05, 0) is 18.9 Å². The Hall–Kier alpha value is -1.76. The summed E-state index contributed by atoms with van der Waals surface area (Å²) in [5.74, 6) is -1.88. The number of benzene rings is 1. The lowest BCUT2D eigenvalue weighted by Crippen LogP contribution is -2.39. The monoisotopic (exact) mass is 287 g/mol. The summed E-state index contributed by atoms with van der Waals surface area (Å²) >= 11 is 0. The molecule has 0 atom stereocenters. The quantitative estimate of drug-likeness (QED) is 0.645. The van der Waals surface area contributed by atoms with E-state index in [1.807, 2.05) is 13.8 Å². The molecule has 0 radical (unpaired) electrons. The molecule has 1 aromatic carbocycles. The molecule has 0 bridgehead atoms. The Morgan fingerprint density at radius 2 is 1.85 bits per heavy atom. The van der Waals surface area contributed by atoms with Crippen LogP contribution in [0.1, 0.15) is 20.8 Å². The number of anilines is 1. The third-order valence-corrected chi connectivity index (χ3v) is 3.08. The molecule has 0 aliphatic carbocycles. The van der Waals surface area contributed by atoms with Crippen molar-refractivity contribution in [3.8, 4) is 0 Å². The number of rotatable bonds is 6. The molecule has 112 valence electrons. The van der Waals surface area contributed by atoms with Crippen molar-refractivity contribution in [2.24, 2.45) is 11.1 Å². The molecule has 20 heavy (non-hydrogen) atoms. The fourth-order valence-electron chi connectivity index (χ4n) is 1.89. The summed E-state index contributed by atoms with van der Waals surface area (Å²) in [5.41, 5.74) is 4.45. The molecular weight excluding hydrogens is 268 g/mol. The van der Waals surface area contributed by atoms with Gasteiger partial charge in [0.05, 0.1) is 17.1 Å². The van der Waals surface area contributed by atoms with E-state index >= 15 is 0 Å². The predicted octanol–water partition coefficient (Wildman–Crippen LogP) is 2.68. The summed E-state index contributed by atoms with van der Waals surface area (Å²) in [7, 11) is 0. The van der Waals surface area contributed by atoms with E-state index in [0.717, 1.165) is 12.1 Å². The molecule has 2 N–H and O–H groups in total. The van der Waals surface area contributed by atoms with E-state index in [-0.39, 0.29) is 11.1 Å². The minimum Gasteiger partial charge on any atom is -0.366 e. The highest BCUT2D eigenvalue weighted by molar-refractivity contribution is 5.54. The van der Waals surface area contributed by atoms with Crippen molar-refractivity contribution in [1.29, 1.82) is 0 Å². The zero-order valence-corrected chi connectivity index (χ0v) is 11.8. The van der Waals surface area contributed by atoms with E-state index in [1.54, 1.807) is 6.92 Å². The van der Waals surface area contributed by atoms with Gasteiger partial charge in [-0.15, -0.1) is 0 Å². The van der Waals surface area contributed by atoms with Crippen LogP contribution in [0.15, 0.2) is 12.1 Å². The molecule has 5 nitrogen and oxygen atoms in total. The lowest BCUT2D eigenvalue weighted by molar-refractivity contribution is -0.385. The van der Waals surface area contributed by atoms with Gasteiger partial charge in [-0.25, -0.2) is 8.78 Å². The van der Waals surface area contributed by atoms with Crippen molar-refractivity contribution >= 4 is 11.4 Å². The Balaban J connectivity index is 3.20. The Labute approximate surface area is 116 Å². The van der Waals surface area contributed by atoms with Crippen LogP contribution in [0.4, 0.5) is 20.2 Å². The second-order valence-corrected chi connectivity index (χ2v) is 5.40. The van der Waals surface area contributed by atoms with Gasteiger partial charge >= 0.3 is 0 Å². The van der Waals surface area contributed by atoms with Crippen molar-refractivity contribution in [3.05, 3.63) is 33.9 Å². The predicted molar refractivity (Wildman–Crippen MR) is 73.7 cm³/mol. The molecule has 0 aliphatic heterocycles. The molecule has 1 aromatic rings. The molecule has 0 saturated carbocycles. The molecule has 0 amide bonds. The first-order chi connectivity index (χ1) is 9.21. The van der Waals surface area contributed by atoms with E-state index in [9.17, 15) is 18.9 Å². The Kier molecular flexibility index (Phi) is 4.99. The number of hydrogen-bond donors (Lipinski definition) is 1. The highest BCUT2D eigenvalue weighted by atomic mass is 19.1. The first-order valence-corrected chi connectivity index (χ1v) is 6.30. The van der Waals surface area contributed by atoms with Gasteiger partial charge in [-0.2, -0.15) is 0 Å². The molecular formula is C13H19F2N3O2. The van der Waals surface area contributed by atoms with E-state index < -0.39 is 22.2 Å². The van der Waals surface area contributed by atoms with Gasteiger partial charge in [0.1, 0.15) is 5.69 Å². The number of nitro benzene ring substituents is 1. The smallest absolute Gasteiger partial charge is 0.275 e. The Morgan fingerprint density at radius 3 is 2.20 bits per heavy atom. The van der Waals surface area contributed by atoms with Crippen LogP contribution in [0.2, 0.25) is 0 Å². The number of halogens is 2. The molecule has 0 aromatic heterocycles. The lowest BCUT2D eigenvalue weighted by Gasteiger charge is -2.32. The first-order valence-electron chi connectivity index (χ1n) is 6.30. The number of non-ortho nitro benzene ring substituents is 1. The number of nitro groups is 1. The van der Waals surface area contributed by atoms with Crippen LogP contribution in [0.3, 0.4) is 0 Å². The highest BCUT2D eigenvalue weighted by Gasteiger charge is 2.25. The maximum atomic E-state index is 14.0. The minimum atomic E-state index is -0.939. The van der Waals surface area contributed by atoms with Gasteiger partial charge in [0.2, 0.25) is 0 Å². The maximum absolute atomic E-state index is 14.0. The normalized spacial score (nSPS) is 11.5. The van der Waals surface area contributed by atoms with Crippen molar-refractivity contribution in [2.45, 2.75) is 20.8 Å². The SMILES string of the molecule is CCN(CC(C)(C)CN)c1c(F)cc([N+](=O)[O-])cc1F. The van der Waals surface area contributed by atoms with Crippen LogP contribution in [0.5, 0.6) is 0 Å². The van der Waals surface area contributed by atoms with Crippen molar-refractivity contribution in [2.75, 3.05) is 24.5 Å². The molecule has 7 heteroatoms. The summed E-state index contributed by atoms with van der Waals surface area (Å²) in [6.45, 7) is 6.61. The van der Waals surface area contributed by atoms with E-state index in [1.165, 1.54) is 4.90 Å². The fraction of sp³-hybridized carbons (Fsp3) is 0.538. The zero-order valence-electron chi connectivity index (χ0n) is 11.8. The fourth-order valence-corrected chi connectivity index (χ4v) is 1.89. The Bertz CT molecular complexity index is 483. The van der Waals surface area contributed by atoms with Crippen LogP contribution < -0.4 is 10.6 Å². The largest absolute Gasteiger partial charge is 0.366 e. The molecule has 0 heterocycles. The van der Waals surface area contributed by atoms with Gasteiger partial charge < -0.3 is 10.6 Å². The van der Waals surface area contributed by atoms with Crippen molar-refractivity contribution in [1.82, 2.24) is 0 Å². The summed E-state index contributed by atoms with van der Waals surface area (Å²) in [5, 5.41) is 10.6. The molecule has 0 saturated heterocycles. The highest BCUT2D eigenvalue weighted by Crippen LogP contribution is 2.30. The van der Waals surface area contributed by atoms with Crippen LogP contribution in [-0.4, -0.2) is 24.6 Å². The van der Waals surface area contributed by atoms with E-state index in [2.05, 4.69) is 0 Å². The summed E-state index contributed by atoms with van der Waals surface area (Å²) in [6.07, 6.45) is 0. The summed E-state index contributed by atoms with van der Waals surface area (Å²) < 4.78 is 27.9. The van der Waals surface area contributed by atoms with Crippen molar-refractivity contribution in [3.63, 3.8) is 0 Å². The van der Waals surface area contributed by atoms with Gasteiger partial charge in [0.15, 0.2) is 11.6 Å². The number of nitrogens with two attached hydrogens (primary N) is 1. The molecule has 0 aliphatic rings. The Morgan fingerprint density at radius 1 is 1.35 bits per heavy atom. The molecule has 0 spiro atoms. The third-order valence-electron chi connectivity index (χ3n) is 3.08. The van der Waals surface area contributed by atoms with Gasteiger partial charge in [0, 0.05) is 13.1 Å². The summed E-state index contributed by atoms with van der Waals surface area (Å²) in [6, 6.07) is 1.47. The van der Waals surface area contributed by atoms with Gasteiger partial charge in [-0.1, -0.05) is 13.8 Å². The first kappa shape index (κ1) is 16.3. The topological polar surface area (TPSA) is 72.4 Å². The molecule has 0 unspecified atom stereocenters. The second kappa shape index (κ2) is 6.13. The maximum Gasteiger partial charge on any atom is 0.275 e. The second-order valence-electron chi connectivity index (χ2n) is 5.40. The standard InChI is InChI=1S/C13H19F2N3O2/c1-4-17(8-13(2,3)7-16)12-10(14)5-9(18(19)20)6-11(12)15/h5-6H,4,7-8,16H2,1-3H3. The van der Waals surface area contributed by atoms with Crippen LogP contribution in [0.25, 0.3) is 0 Å². The summed E-state index contributed by atoms with van der Waals surface area (Å²) in [4.78, 5) is 11.3. The van der Waals surface area contributed by atoms with Crippen molar-refractivity contribution < 1.29 is 13.7 Å². The number of nitrogens with zero attached hydrogens (tertiary/aromatic N) is 2. The minimum absolute atomic E-state index is 0.250. The van der Waals surface area contributed by atoms with E-state index in [0.29, 0.717) is 19.6 Å². The van der Waals surface area contributed by atoms with Gasteiger partial charge in [-0.3, -0.25) is 10.1 Å². The van der Waals surface area contributed by atoms with Crippen LogP contribution in [-0.2, 0) is 0 Å². The molecule has 0 fully saturated rings. The number of hydrogen-bond acceptors (Lipinski definition) is 4. The van der Waals surface area contributed by atoms with Gasteiger partial charge in [0.25, 0.3) is 5.69 Å². The average molecular weight is 287 g/mol. The zero-order chi connectivity index (χ0) is 15.5. The lowest BCUT2D eigenvalue weighted by atomic mass is 9.93. The van der Waals surface area contributed by atoms with E-state index in [4.69, 9.17) is 5.73 Å². The average Bonchev–Trinajstić information content (AvgIpc) is 2.36. The van der Waals surface area contributed by atoms with Crippen LogP contribution in [0, 0.1) is 27.2 Å². The molecule has 1 rings (SSSR count). The third kappa shape index (κ3) is 3.63. The van der Waals surface area contributed by atoms with Crippen LogP contribution >= 0.6 is 0 Å².